The number of nitrogens with one attached hydrogen (secondary N) is 1. The number of halogens is 1. The molecule has 1 aliphatic rings. The van der Waals surface area contributed by atoms with E-state index < -0.39 is 0 Å². The fourth-order valence-corrected chi connectivity index (χ4v) is 3.66. The molecule has 0 spiro atoms. The van der Waals surface area contributed by atoms with Crippen LogP contribution in [0.15, 0.2) is 54.9 Å². The second-order valence-electron chi connectivity index (χ2n) is 7.12. The molecule has 1 aromatic carbocycles. The number of carbonyl (C=O) groups is 1. The molecule has 1 fully saturated rings. The van der Waals surface area contributed by atoms with E-state index in [0.717, 1.165) is 36.5 Å². The monoisotopic (exact) mass is 423 g/mol. The van der Waals surface area contributed by atoms with Crippen LogP contribution in [0.1, 0.15) is 34.8 Å². The van der Waals surface area contributed by atoms with E-state index in [4.69, 9.17) is 21.3 Å². The average molecular weight is 424 g/mol. The maximum absolute atomic E-state index is 12.8. The van der Waals surface area contributed by atoms with Crippen LogP contribution in [-0.4, -0.2) is 46.0 Å². The van der Waals surface area contributed by atoms with Crippen molar-refractivity contribution >= 4 is 29.1 Å². The lowest BCUT2D eigenvalue weighted by Crippen LogP contribution is -2.39. The summed E-state index contributed by atoms with van der Waals surface area (Å²) in [6.45, 7) is 1.33. The Kier molecular flexibility index (Phi) is 6.09. The predicted octanol–water partition coefficient (Wildman–Crippen LogP) is 4.30. The summed E-state index contributed by atoms with van der Waals surface area (Å²) >= 11 is 5.83. The van der Waals surface area contributed by atoms with Gasteiger partial charge in [-0.3, -0.25) is 4.79 Å². The molecule has 8 heteroatoms. The largest absolute Gasteiger partial charge is 0.497 e. The smallest absolute Gasteiger partial charge is 0.255 e. The molecule has 0 bridgehead atoms. The Morgan fingerprint density at radius 2 is 2.00 bits per heavy atom. The zero-order valence-corrected chi connectivity index (χ0v) is 17.3. The molecule has 4 rings (SSSR count). The third-order valence-corrected chi connectivity index (χ3v) is 5.35. The number of amides is 1. The van der Waals surface area contributed by atoms with Crippen molar-refractivity contribution in [1.82, 2.24) is 19.9 Å². The maximum atomic E-state index is 12.8. The van der Waals surface area contributed by atoms with Crippen molar-refractivity contribution in [2.24, 2.45) is 0 Å². The van der Waals surface area contributed by atoms with Crippen LogP contribution < -0.4 is 10.1 Å². The van der Waals surface area contributed by atoms with Gasteiger partial charge in [-0.1, -0.05) is 11.6 Å². The van der Waals surface area contributed by atoms with Gasteiger partial charge in [-0.25, -0.2) is 15.0 Å². The van der Waals surface area contributed by atoms with Crippen molar-refractivity contribution in [3.8, 4) is 5.75 Å². The Balaban J connectivity index is 1.46. The number of pyridine rings is 1. The van der Waals surface area contributed by atoms with Crippen molar-refractivity contribution in [3.63, 3.8) is 0 Å². The molecule has 154 valence electrons. The molecule has 1 atom stereocenters. The molecule has 30 heavy (non-hydrogen) atoms. The van der Waals surface area contributed by atoms with Crippen LogP contribution >= 0.6 is 11.6 Å². The second kappa shape index (κ2) is 9.09. The highest BCUT2D eigenvalue weighted by atomic mass is 35.5. The first-order valence-electron chi connectivity index (χ1n) is 9.77. The van der Waals surface area contributed by atoms with E-state index in [1.165, 1.54) is 6.20 Å². The van der Waals surface area contributed by atoms with Crippen LogP contribution in [0.3, 0.4) is 0 Å². The number of ether oxygens (including phenoxy) is 1. The number of nitrogens with zero attached hydrogens (tertiary/aromatic N) is 4. The highest BCUT2D eigenvalue weighted by molar-refractivity contribution is 6.29. The quantitative estimate of drug-likeness (QED) is 0.616. The van der Waals surface area contributed by atoms with Crippen LogP contribution in [0.2, 0.25) is 5.15 Å². The van der Waals surface area contributed by atoms with Gasteiger partial charge in [-0.2, -0.15) is 0 Å². The Morgan fingerprint density at radius 3 is 2.73 bits per heavy atom. The van der Waals surface area contributed by atoms with Gasteiger partial charge < -0.3 is 15.0 Å². The van der Waals surface area contributed by atoms with Gasteiger partial charge in [-0.05, 0) is 55.3 Å². The lowest BCUT2D eigenvalue weighted by atomic mass is 9.94. The van der Waals surface area contributed by atoms with Gasteiger partial charge in [-0.15, -0.1) is 0 Å². The molecule has 0 radical (unpaired) electrons. The molecule has 1 unspecified atom stereocenters. The molecule has 3 aromatic rings. The van der Waals surface area contributed by atoms with Crippen LogP contribution in [0.5, 0.6) is 5.75 Å². The minimum Gasteiger partial charge on any atom is -0.497 e. The van der Waals surface area contributed by atoms with E-state index >= 15 is 0 Å². The highest BCUT2D eigenvalue weighted by Gasteiger charge is 2.26. The summed E-state index contributed by atoms with van der Waals surface area (Å²) in [5.74, 6) is 1.44. The summed E-state index contributed by atoms with van der Waals surface area (Å²) in [4.78, 5) is 27.7. The minimum absolute atomic E-state index is 0.0329. The number of piperidine rings is 1. The Morgan fingerprint density at radius 1 is 1.17 bits per heavy atom. The summed E-state index contributed by atoms with van der Waals surface area (Å²) in [5.41, 5.74) is 2.35. The number of anilines is 2. The lowest BCUT2D eigenvalue weighted by molar-refractivity contribution is 0.0705. The molecule has 0 saturated carbocycles. The molecule has 2 aromatic heterocycles. The first kappa shape index (κ1) is 20.1. The summed E-state index contributed by atoms with van der Waals surface area (Å²) in [6.07, 6.45) is 5.16. The molecular weight excluding hydrogens is 402 g/mol. The Hall–Kier alpha value is -3.19. The van der Waals surface area contributed by atoms with Crippen molar-refractivity contribution < 1.29 is 9.53 Å². The predicted molar refractivity (Wildman–Crippen MR) is 115 cm³/mol. The highest BCUT2D eigenvalue weighted by Crippen LogP contribution is 2.27. The normalized spacial score (nSPS) is 16.2. The number of methoxy groups -OCH3 is 1. The zero-order valence-electron chi connectivity index (χ0n) is 16.6. The van der Waals surface area contributed by atoms with Gasteiger partial charge in [0.2, 0.25) is 5.95 Å². The van der Waals surface area contributed by atoms with Crippen LogP contribution in [0.4, 0.5) is 11.6 Å². The number of rotatable bonds is 5. The Labute approximate surface area is 180 Å². The van der Waals surface area contributed by atoms with Crippen molar-refractivity contribution in [1.29, 1.82) is 0 Å². The summed E-state index contributed by atoms with van der Waals surface area (Å²) < 4.78 is 5.18. The summed E-state index contributed by atoms with van der Waals surface area (Å²) in [6, 6.07) is 12.8. The standard InChI is InChI=1S/C22H22ClN5O2/c1-30-18-7-5-17(6-8-18)26-22-24-11-10-19(27-22)16-3-2-12-28(14-16)21(29)15-4-9-20(23)25-13-15/h4-11,13,16H,2-3,12,14H2,1H3,(H,24,26,27). The first-order valence-corrected chi connectivity index (χ1v) is 10.1. The third kappa shape index (κ3) is 4.68. The lowest BCUT2D eigenvalue weighted by Gasteiger charge is -2.32. The van der Waals surface area contributed by atoms with E-state index in [-0.39, 0.29) is 11.8 Å². The van der Waals surface area contributed by atoms with Crippen molar-refractivity contribution in [2.45, 2.75) is 18.8 Å². The minimum atomic E-state index is -0.0329. The average Bonchev–Trinajstić information content (AvgIpc) is 2.80. The van der Waals surface area contributed by atoms with E-state index in [1.807, 2.05) is 35.2 Å². The number of benzene rings is 1. The third-order valence-electron chi connectivity index (χ3n) is 5.12. The van der Waals surface area contributed by atoms with Crippen LogP contribution in [0, 0.1) is 0 Å². The van der Waals surface area contributed by atoms with Gasteiger partial charge in [0.05, 0.1) is 18.4 Å². The zero-order chi connectivity index (χ0) is 20.9. The molecule has 3 heterocycles. The van der Waals surface area contributed by atoms with Crippen molar-refractivity contribution in [2.75, 3.05) is 25.5 Å². The van der Waals surface area contributed by atoms with Gasteiger partial charge >= 0.3 is 0 Å². The fraction of sp³-hybridized carbons (Fsp3) is 0.273. The number of likely N-dealkylation sites (tertiary alicyclic amines) is 1. The molecule has 1 amide bonds. The number of hydrogen-bond acceptors (Lipinski definition) is 6. The number of hydrogen-bond donors (Lipinski definition) is 1. The van der Waals surface area contributed by atoms with Gasteiger partial charge in [0.1, 0.15) is 10.9 Å². The summed E-state index contributed by atoms with van der Waals surface area (Å²) in [5, 5.41) is 3.60. The van der Waals surface area contributed by atoms with Crippen LogP contribution in [-0.2, 0) is 0 Å². The first-order chi connectivity index (χ1) is 14.6. The van der Waals surface area contributed by atoms with Crippen molar-refractivity contribution in [3.05, 3.63) is 71.3 Å². The van der Waals surface area contributed by atoms with Gasteiger partial charge in [0.15, 0.2) is 0 Å². The Bertz CT molecular complexity index is 1010. The van der Waals surface area contributed by atoms with E-state index in [0.29, 0.717) is 23.2 Å². The second-order valence-corrected chi connectivity index (χ2v) is 7.51. The fourth-order valence-electron chi connectivity index (χ4n) is 3.55. The number of aromatic nitrogens is 3. The van der Waals surface area contributed by atoms with E-state index in [9.17, 15) is 4.79 Å². The number of carbonyl (C=O) groups excluding carboxylic acids is 1. The van der Waals surface area contributed by atoms with Gasteiger partial charge in [0, 0.05) is 37.1 Å². The van der Waals surface area contributed by atoms with Crippen LogP contribution in [0.25, 0.3) is 0 Å². The molecule has 1 saturated heterocycles. The van der Waals surface area contributed by atoms with E-state index in [1.54, 1.807) is 25.4 Å². The van der Waals surface area contributed by atoms with Gasteiger partial charge in [0.25, 0.3) is 5.91 Å². The molecule has 1 N–H and O–H groups in total. The topological polar surface area (TPSA) is 80.2 Å². The van der Waals surface area contributed by atoms with E-state index in [2.05, 4.69) is 15.3 Å². The maximum Gasteiger partial charge on any atom is 0.255 e. The SMILES string of the molecule is COc1ccc(Nc2nccc(C3CCCN(C(=O)c4ccc(Cl)nc4)C3)n2)cc1. The molecular formula is C22H22ClN5O2. The molecule has 0 aliphatic carbocycles. The molecule has 1 aliphatic heterocycles. The molecule has 7 nitrogen and oxygen atoms in total. The summed E-state index contributed by atoms with van der Waals surface area (Å²) in [7, 11) is 1.64.